The number of aromatic nitrogens is 1. The second kappa shape index (κ2) is 10.9. The van der Waals surface area contributed by atoms with Gasteiger partial charge < -0.3 is 5.32 Å². The Labute approximate surface area is 252 Å². The molecule has 3 amide bonds. The first kappa shape index (κ1) is 27.9. The number of carbonyl (C=O) groups is 3. The Morgan fingerprint density at radius 1 is 1.02 bits per heavy atom. The molecule has 6 rings (SSSR count). The molecule has 1 N–H and O–H groups in total. The summed E-state index contributed by atoms with van der Waals surface area (Å²) >= 11 is 8.18. The molecule has 1 fully saturated rings. The number of thiazole rings is 1. The topological polar surface area (TPSA) is 132 Å². The molecule has 0 radical (unpaired) electrons. The fraction of sp³-hybridized carbons (Fsp3) is 0.172. The van der Waals surface area contributed by atoms with Gasteiger partial charge in [0, 0.05) is 33.6 Å². The fourth-order valence-electron chi connectivity index (χ4n) is 5.33. The number of hydrogen-bond donors (Lipinski definition) is 1. The van der Waals surface area contributed by atoms with Gasteiger partial charge in [-0.15, -0.1) is 0 Å². The number of carbonyl (C=O) groups excluding carboxylic acids is 3. The third-order valence-corrected chi connectivity index (χ3v) is 10.1. The lowest BCUT2D eigenvalue weighted by atomic mass is 9.83. The van der Waals surface area contributed by atoms with Crippen LogP contribution in [0.4, 0.5) is 17.1 Å². The average molecular weight is 621 g/mol. The summed E-state index contributed by atoms with van der Waals surface area (Å²) < 4.78 is 1.35. The van der Waals surface area contributed by atoms with Gasteiger partial charge in [-0.05, 0) is 54.4 Å². The number of non-ortho nitro benzene ring substituents is 1. The van der Waals surface area contributed by atoms with Gasteiger partial charge in [-0.2, -0.15) is 0 Å². The average Bonchev–Trinajstić information content (AvgIpc) is 3.39. The molecule has 0 saturated carbocycles. The molecule has 3 aromatic carbocycles. The van der Waals surface area contributed by atoms with Gasteiger partial charge in [-0.3, -0.25) is 33.9 Å². The van der Waals surface area contributed by atoms with Gasteiger partial charge in [-0.1, -0.05) is 59.0 Å². The van der Waals surface area contributed by atoms with Crippen molar-refractivity contribution in [2.75, 3.05) is 10.2 Å². The van der Waals surface area contributed by atoms with Crippen LogP contribution in [0.25, 0.3) is 0 Å². The Morgan fingerprint density at radius 3 is 2.40 bits per heavy atom. The Bertz CT molecular complexity index is 1820. The van der Waals surface area contributed by atoms with Crippen LogP contribution in [0.15, 0.2) is 82.6 Å². The second-order valence-electron chi connectivity index (χ2n) is 9.92. The number of aryl methyl sites for hydroxylation is 1. The Morgan fingerprint density at radius 2 is 1.74 bits per heavy atom. The largest absolute Gasteiger partial charge is 0.325 e. The summed E-state index contributed by atoms with van der Waals surface area (Å²) in [6, 6.07) is 19.4. The molecule has 1 aromatic heterocycles. The van der Waals surface area contributed by atoms with Gasteiger partial charge in [0.1, 0.15) is 11.8 Å². The summed E-state index contributed by atoms with van der Waals surface area (Å²) in [6.45, 7) is 1.63. The molecule has 0 bridgehead atoms. The lowest BCUT2D eigenvalue weighted by Gasteiger charge is -2.30. The van der Waals surface area contributed by atoms with E-state index < -0.39 is 39.7 Å². The first-order valence-corrected chi connectivity index (χ1v) is 14.8. The van der Waals surface area contributed by atoms with E-state index in [0.29, 0.717) is 26.2 Å². The van der Waals surface area contributed by atoms with Crippen molar-refractivity contribution in [2.24, 2.45) is 5.92 Å². The maximum absolute atomic E-state index is 13.9. The Balaban J connectivity index is 1.40. The molecule has 2 aliphatic heterocycles. The van der Waals surface area contributed by atoms with Gasteiger partial charge in [0.15, 0.2) is 0 Å². The molecule has 13 heteroatoms. The Hall–Kier alpha value is -4.26. The summed E-state index contributed by atoms with van der Waals surface area (Å²) in [6.07, 6.45) is 0. The maximum Gasteiger partial charge on any atom is 0.308 e. The first-order chi connectivity index (χ1) is 20.1. The van der Waals surface area contributed by atoms with Gasteiger partial charge >= 0.3 is 4.87 Å². The lowest BCUT2D eigenvalue weighted by Crippen LogP contribution is -2.33. The van der Waals surface area contributed by atoms with E-state index in [4.69, 9.17) is 11.6 Å². The number of nitrogens with one attached hydrogen (secondary N) is 1. The van der Waals surface area contributed by atoms with Crippen molar-refractivity contribution in [1.82, 2.24) is 4.57 Å². The van der Waals surface area contributed by atoms with Crippen molar-refractivity contribution < 1.29 is 19.3 Å². The molecular formula is C29H21ClN4O6S2. The number of fused-ring (bicyclic) bond motifs is 2. The minimum absolute atomic E-state index is 0.168. The molecule has 4 aromatic rings. The molecule has 3 atom stereocenters. The lowest BCUT2D eigenvalue weighted by molar-refractivity contribution is -0.384. The first-order valence-electron chi connectivity index (χ1n) is 12.8. The van der Waals surface area contributed by atoms with Crippen LogP contribution in [-0.2, 0) is 20.9 Å². The van der Waals surface area contributed by atoms with Crippen molar-refractivity contribution in [3.8, 4) is 0 Å². The zero-order valence-corrected chi connectivity index (χ0v) is 24.2. The molecule has 3 heterocycles. The van der Waals surface area contributed by atoms with Crippen molar-refractivity contribution in [2.45, 2.75) is 29.7 Å². The van der Waals surface area contributed by atoms with Gasteiger partial charge in [0.25, 0.3) is 5.69 Å². The number of thioether (sulfide) groups is 1. The highest BCUT2D eigenvalue weighted by molar-refractivity contribution is 8.00. The summed E-state index contributed by atoms with van der Waals surface area (Å²) in [5.41, 5.74) is 2.31. The number of hydrogen-bond acceptors (Lipinski definition) is 8. The van der Waals surface area contributed by atoms with Crippen LogP contribution < -0.4 is 15.1 Å². The van der Waals surface area contributed by atoms with E-state index in [-0.39, 0.29) is 22.8 Å². The highest BCUT2D eigenvalue weighted by Crippen LogP contribution is 2.54. The number of nitrogens with zero attached hydrogens (tertiary/aromatic N) is 3. The zero-order chi connectivity index (χ0) is 29.7. The Kier molecular flexibility index (Phi) is 7.21. The van der Waals surface area contributed by atoms with E-state index in [1.165, 1.54) is 28.8 Å². The van der Waals surface area contributed by atoms with Crippen molar-refractivity contribution in [1.29, 1.82) is 0 Å². The number of amides is 3. The predicted octanol–water partition coefficient (Wildman–Crippen LogP) is 5.21. The minimum Gasteiger partial charge on any atom is -0.325 e. The van der Waals surface area contributed by atoms with E-state index in [2.05, 4.69) is 5.32 Å². The number of nitro benzene ring substituents is 1. The highest BCUT2D eigenvalue weighted by atomic mass is 35.5. The number of benzene rings is 3. The number of halogens is 1. The molecule has 10 nitrogen and oxygen atoms in total. The van der Waals surface area contributed by atoms with E-state index in [9.17, 15) is 29.3 Å². The number of nitro groups is 1. The summed E-state index contributed by atoms with van der Waals surface area (Å²) in [4.78, 5) is 65.8. The van der Waals surface area contributed by atoms with Gasteiger partial charge in [0.05, 0.1) is 21.6 Å². The van der Waals surface area contributed by atoms with Crippen LogP contribution in [0, 0.1) is 23.0 Å². The van der Waals surface area contributed by atoms with Crippen LogP contribution in [0.2, 0.25) is 5.02 Å². The zero-order valence-electron chi connectivity index (χ0n) is 21.9. The van der Waals surface area contributed by atoms with E-state index in [1.807, 2.05) is 25.1 Å². The molecular weight excluding hydrogens is 600 g/mol. The van der Waals surface area contributed by atoms with E-state index in [1.54, 1.807) is 30.3 Å². The number of imide groups is 1. The predicted molar refractivity (Wildman–Crippen MR) is 160 cm³/mol. The monoisotopic (exact) mass is 620 g/mol. The van der Waals surface area contributed by atoms with E-state index >= 15 is 0 Å². The normalized spacial score (nSPS) is 19.4. The summed E-state index contributed by atoms with van der Waals surface area (Å²) in [5.74, 6) is -2.87. The van der Waals surface area contributed by atoms with Gasteiger partial charge in [0.2, 0.25) is 17.7 Å². The third kappa shape index (κ3) is 4.91. The summed E-state index contributed by atoms with van der Waals surface area (Å²) in [5, 5.41) is 14.0. The minimum atomic E-state index is -0.888. The second-order valence-corrected chi connectivity index (χ2v) is 12.5. The molecule has 0 spiro atoms. The smallest absolute Gasteiger partial charge is 0.308 e. The number of rotatable bonds is 6. The number of anilines is 2. The third-order valence-electron chi connectivity index (χ3n) is 7.20. The van der Waals surface area contributed by atoms with Crippen molar-refractivity contribution >= 4 is 69.5 Å². The molecule has 42 heavy (non-hydrogen) atoms. The molecule has 0 aliphatic carbocycles. The summed E-state index contributed by atoms with van der Waals surface area (Å²) in [7, 11) is 0. The van der Waals surface area contributed by atoms with Gasteiger partial charge in [-0.25, -0.2) is 4.90 Å². The quantitative estimate of drug-likeness (QED) is 0.178. The van der Waals surface area contributed by atoms with Crippen LogP contribution in [0.5, 0.6) is 0 Å². The van der Waals surface area contributed by atoms with Crippen molar-refractivity contribution in [3.63, 3.8) is 0 Å². The van der Waals surface area contributed by atoms with Crippen LogP contribution in [-0.4, -0.2) is 32.5 Å². The molecule has 212 valence electrons. The molecule has 2 aliphatic rings. The standard InChI is InChI=1S/C29H21ClN4O6S2/c1-15-3-2-4-18(13-15)31-21(35)14-32-28-25(42-29(32)38)22(16-5-7-17(30)8-6-16)23-24(41-28)27(37)33(26(23)36)19-9-11-20(12-10-19)34(39)40/h2-13,22-24H,14H2,1H3,(H,31,35)/t22-,23?,24?/m1/s1. The maximum atomic E-state index is 13.9. The van der Waals surface area contributed by atoms with Crippen LogP contribution in [0.3, 0.4) is 0 Å². The van der Waals surface area contributed by atoms with E-state index in [0.717, 1.165) is 33.6 Å². The highest BCUT2D eigenvalue weighted by Gasteiger charge is 2.56. The van der Waals surface area contributed by atoms with Crippen molar-refractivity contribution in [3.05, 3.63) is 114 Å². The molecule has 1 saturated heterocycles. The van der Waals surface area contributed by atoms with Crippen LogP contribution >= 0.6 is 34.7 Å². The van der Waals surface area contributed by atoms with Crippen LogP contribution in [0.1, 0.15) is 21.9 Å². The molecule has 2 unspecified atom stereocenters. The SMILES string of the molecule is Cc1cccc(NC(=O)Cn2c3c(sc2=O)[C@H](c2ccc(Cl)cc2)C2C(=O)N(c4ccc([N+](=O)[O-])cc4)C(=O)C2S3)c1. The fourth-order valence-corrected chi connectivity index (χ4v) is 8.23.